The molecule has 0 saturated carbocycles. The van der Waals surface area contributed by atoms with Crippen LogP contribution in [0.25, 0.3) is 0 Å². The van der Waals surface area contributed by atoms with Gasteiger partial charge in [0.05, 0.1) is 0 Å². The number of benzene rings is 1. The van der Waals surface area contributed by atoms with E-state index >= 15 is 0 Å². The molecule has 0 radical (unpaired) electrons. The highest BCUT2D eigenvalue weighted by Gasteiger charge is 2.16. The Balaban J connectivity index is 2.27. The van der Waals surface area contributed by atoms with Gasteiger partial charge in [0.15, 0.2) is 0 Å². The van der Waals surface area contributed by atoms with Crippen LogP contribution in [0.2, 0.25) is 0 Å². The van der Waals surface area contributed by atoms with Gasteiger partial charge in [-0.2, -0.15) is 0 Å². The highest BCUT2D eigenvalue weighted by atomic mass is 79.9. The number of nitrogens with two attached hydrogens (primary N) is 1. The van der Waals surface area contributed by atoms with Crippen molar-refractivity contribution in [2.75, 3.05) is 18.0 Å². The van der Waals surface area contributed by atoms with Crippen molar-refractivity contribution in [1.82, 2.24) is 0 Å². The van der Waals surface area contributed by atoms with Gasteiger partial charge in [0.25, 0.3) is 0 Å². The van der Waals surface area contributed by atoms with E-state index in [1.54, 1.807) is 0 Å². The van der Waals surface area contributed by atoms with Gasteiger partial charge in [0.2, 0.25) is 0 Å². The molecule has 1 unspecified atom stereocenters. The van der Waals surface area contributed by atoms with E-state index in [-0.39, 0.29) is 6.04 Å². The molecule has 0 amide bonds. The SMILES string of the molecule is CC(N)Cc1cc(Br)ccc1N1CCCC1. The molecule has 0 bridgehead atoms. The summed E-state index contributed by atoms with van der Waals surface area (Å²) in [4.78, 5) is 2.48. The predicted octanol–water partition coefficient (Wildman–Crippen LogP) is 2.94. The molecule has 0 spiro atoms. The first kappa shape index (κ1) is 11.9. The molecule has 1 heterocycles. The first-order chi connectivity index (χ1) is 7.66. The summed E-state index contributed by atoms with van der Waals surface area (Å²) in [6.45, 7) is 4.44. The predicted molar refractivity (Wildman–Crippen MR) is 72.9 cm³/mol. The lowest BCUT2D eigenvalue weighted by Gasteiger charge is -2.22. The first-order valence-electron chi connectivity index (χ1n) is 5.96. The Labute approximate surface area is 106 Å². The van der Waals surface area contributed by atoms with Crippen molar-refractivity contribution in [2.45, 2.75) is 32.2 Å². The van der Waals surface area contributed by atoms with Crippen molar-refractivity contribution in [1.29, 1.82) is 0 Å². The van der Waals surface area contributed by atoms with Crippen LogP contribution in [0.1, 0.15) is 25.3 Å². The molecule has 16 heavy (non-hydrogen) atoms. The molecule has 1 aliphatic rings. The second-order valence-corrected chi connectivity index (χ2v) is 5.56. The van der Waals surface area contributed by atoms with Gasteiger partial charge in [-0.15, -0.1) is 0 Å². The number of halogens is 1. The van der Waals surface area contributed by atoms with E-state index in [1.807, 2.05) is 0 Å². The fraction of sp³-hybridized carbons (Fsp3) is 0.538. The Morgan fingerprint density at radius 2 is 2.06 bits per heavy atom. The van der Waals surface area contributed by atoms with Crippen molar-refractivity contribution in [2.24, 2.45) is 5.73 Å². The van der Waals surface area contributed by atoms with E-state index in [1.165, 1.54) is 37.2 Å². The van der Waals surface area contributed by atoms with Crippen molar-refractivity contribution < 1.29 is 0 Å². The van der Waals surface area contributed by atoms with Crippen LogP contribution in [0.4, 0.5) is 5.69 Å². The third kappa shape index (κ3) is 2.77. The second kappa shape index (κ2) is 5.19. The smallest absolute Gasteiger partial charge is 0.0400 e. The second-order valence-electron chi connectivity index (χ2n) is 4.65. The number of nitrogens with zero attached hydrogens (tertiary/aromatic N) is 1. The zero-order chi connectivity index (χ0) is 11.5. The van der Waals surface area contributed by atoms with Gasteiger partial charge in [-0.25, -0.2) is 0 Å². The van der Waals surface area contributed by atoms with E-state index in [9.17, 15) is 0 Å². The molecule has 1 aromatic carbocycles. The van der Waals surface area contributed by atoms with Crippen molar-refractivity contribution in [3.05, 3.63) is 28.2 Å². The van der Waals surface area contributed by atoms with Gasteiger partial charge in [0, 0.05) is 29.3 Å². The summed E-state index contributed by atoms with van der Waals surface area (Å²) in [5.74, 6) is 0. The summed E-state index contributed by atoms with van der Waals surface area (Å²) in [5, 5.41) is 0. The maximum atomic E-state index is 5.91. The zero-order valence-electron chi connectivity index (χ0n) is 9.75. The molecule has 1 fully saturated rings. The van der Waals surface area contributed by atoms with Gasteiger partial charge >= 0.3 is 0 Å². The molecule has 0 aliphatic carbocycles. The third-order valence-corrected chi connectivity index (χ3v) is 3.52. The fourth-order valence-electron chi connectivity index (χ4n) is 2.33. The molecule has 2 rings (SSSR count). The number of hydrogen-bond donors (Lipinski definition) is 1. The van der Waals surface area contributed by atoms with E-state index in [0.717, 1.165) is 10.9 Å². The van der Waals surface area contributed by atoms with Crippen molar-refractivity contribution in [3.63, 3.8) is 0 Å². The lowest BCUT2D eigenvalue weighted by molar-refractivity contribution is 0.734. The fourth-order valence-corrected chi connectivity index (χ4v) is 2.74. The number of anilines is 1. The van der Waals surface area contributed by atoms with E-state index in [0.29, 0.717) is 0 Å². The third-order valence-electron chi connectivity index (χ3n) is 3.03. The number of rotatable bonds is 3. The lowest BCUT2D eigenvalue weighted by Crippen LogP contribution is -2.23. The van der Waals surface area contributed by atoms with Gasteiger partial charge < -0.3 is 10.6 Å². The molecular formula is C13H19BrN2. The average molecular weight is 283 g/mol. The van der Waals surface area contributed by atoms with Crippen LogP contribution in [0.3, 0.4) is 0 Å². The molecular weight excluding hydrogens is 264 g/mol. The van der Waals surface area contributed by atoms with Crippen LogP contribution in [0.5, 0.6) is 0 Å². The van der Waals surface area contributed by atoms with Crippen LogP contribution in [0, 0.1) is 0 Å². The summed E-state index contributed by atoms with van der Waals surface area (Å²) >= 11 is 3.54. The molecule has 1 atom stereocenters. The van der Waals surface area contributed by atoms with E-state index < -0.39 is 0 Å². The quantitative estimate of drug-likeness (QED) is 0.924. The minimum atomic E-state index is 0.218. The molecule has 2 N–H and O–H groups in total. The highest BCUT2D eigenvalue weighted by Crippen LogP contribution is 2.28. The monoisotopic (exact) mass is 282 g/mol. The molecule has 3 heteroatoms. The molecule has 1 aromatic rings. The molecule has 1 aliphatic heterocycles. The van der Waals surface area contributed by atoms with Gasteiger partial charge in [-0.1, -0.05) is 15.9 Å². The summed E-state index contributed by atoms with van der Waals surface area (Å²) in [6, 6.07) is 6.76. The lowest BCUT2D eigenvalue weighted by atomic mass is 10.0. The average Bonchev–Trinajstić information content (AvgIpc) is 2.69. The Morgan fingerprint density at radius 3 is 2.69 bits per heavy atom. The minimum absolute atomic E-state index is 0.218. The van der Waals surface area contributed by atoms with Gasteiger partial charge in [-0.3, -0.25) is 0 Å². The Hall–Kier alpha value is -0.540. The van der Waals surface area contributed by atoms with Crippen LogP contribution >= 0.6 is 15.9 Å². The van der Waals surface area contributed by atoms with Crippen LogP contribution in [0.15, 0.2) is 22.7 Å². The first-order valence-corrected chi connectivity index (χ1v) is 6.75. The van der Waals surface area contributed by atoms with E-state index in [2.05, 4.69) is 46.0 Å². The van der Waals surface area contributed by atoms with E-state index in [4.69, 9.17) is 5.73 Å². The summed E-state index contributed by atoms with van der Waals surface area (Å²) in [6.07, 6.45) is 3.58. The normalized spacial score (nSPS) is 17.8. The van der Waals surface area contributed by atoms with Crippen LogP contribution in [-0.4, -0.2) is 19.1 Å². The molecule has 1 saturated heterocycles. The Bertz CT molecular complexity index is 357. The Kier molecular flexibility index (Phi) is 3.87. The van der Waals surface area contributed by atoms with Gasteiger partial charge in [0.1, 0.15) is 0 Å². The highest BCUT2D eigenvalue weighted by molar-refractivity contribution is 9.10. The standard InChI is InChI=1S/C13H19BrN2/c1-10(15)8-11-9-12(14)4-5-13(11)16-6-2-3-7-16/h4-5,9-10H,2-3,6-8,15H2,1H3. The number of hydrogen-bond acceptors (Lipinski definition) is 2. The summed E-state index contributed by atoms with van der Waals surface area (Å²) in [7, 11) is 0. The topological polar surface area (TPSA) is 29.3 Å². The maximum absolute atomic E-state index is 5.91. The summed E-state index contributed by atoms with van der Waals surface area (Å²) in [5.41, 5.74) is 8.65. The molecule has 0 aromatic heterocycles. The summed E-state index contributed by atoms with van der Waals surface area (Å²) < 4.78 is 1.14. The molecule has 88 valence electrons. The van der Waals surface area contributed by atoms with Crippen molar-refractivity contribution in [3.8, 4) is 0 Å². The largest absolute Gasteiger partial charge is 0.371 e. The zero-order valence-corrected chi connectivity index (χ0v) is 11.3. The van der Waals surface area contributed by atoms with Crippen LogP contribution < -0.4 is 10.6 Å². The molecule has 2 nitrogen and oxygen atoms in total. The maximum Gasteiger partial charge on any atom is 0.0400 e. The van der Waals surface area contributed by atoms with Gasteiger partial charge in [-0.05, 0) is 49.9 Å². The van der Waals surface area contributed by atoms with Crippen LogP contribution in [-0.2, 0) is 6.42 Å². The van der Waals surface area contributed by atoms with Crippen molar-refractivity contribution >= 4 is 21.6 Å². The minimum Gasteiger partial charge on any atom is -0.371 e. The Morgan fingerprint density at radius 1 is 1.38 bits per heavy atom.